The Morgan fingerprint density at radius 2 is 1.00 bits per heavy atom. The van der Waals surface area contributed by atoms with Crippen LogP contribution in [0, 0.1) is 41.5 Å². The van der Waals surface area contributed by atoms with Crippen molar-refractivity contribution in [1.82, 2.24) is 10.5 Å². The summed E-state index contributed by atoms with van der Waals surface area (Å²) >= 11 is -6.16. The van der Waals surface area contributed by atoms with Gasteiger partial charge in [-0.05, 0) is 0 Å². The average molecular weight is 955 g/mol. The van der Waals surface area contributed by atoms with E-state index in [-0.39, 0.29) is 32.0 Å². The molecule has 0 saturated carbocycles. The molecule has 2 aliphatic carbocycles. The molecule has 2 N–H and O–H groups in total. The molecule has 56 heavy (non-hydrogen) atoms. The third-order valence-corrected chi connectivity index (χ3v) is 41.0. The fraction of sp³-hybridized carbons (Fsp3) is 0.375. The molecule has 2 aliphatic rings. The van der Waals surface area contributed by atoms with Crippen LogP contribution in [0.4, 0.5) is 0 Å². The minimum atomic E-state index is -6.16. The topological polar surface area (TPSA) is 58.2 Å². The number of allylic oxidation sites excluding steroid dienone is 2. The Hall–Kier alpha value is -3.18. The summed E-state index contributed by atoms with van der Waals surface area (Å²) in [6.07, 6.45) is 8.57. The van der Waals surface area contributed by atoms with Crippen molar-refractivity contribution in [2.75, 3.05) is 0 Å². The van der Waals surface area contributed by atoms with Gasteiger partial charge in [-0.25, -0.2) is 0 Å². The summed E-state index contributed by atoms with van der Waals surface area (Å²) in [5, 5.41) is 6.61. The van der Waals surface area contributed by atoms with Gasteiger partial charge in [0.1, 0.15) is 0 Å². The molecular weight excluding hydrogens is 897 g/mol. The molecule has 0 heterocycles. The van der Waals surface area contributed by atoms with E-state index >= 15 is 0 Å². The third kappa shape index (κ3) is 7.37. The molecule has 0 radical (unpaired) electrons. The molecule has 0 fully saturated rings. The Labute approximate surface area is 344 Å². The van der Waals surface area contributed by atoms with Crippen LogP contribution in [0.15, 0.2) is 71.8 Å². The quantitative estimate of drug-likeness (QED) is 0.131. The van der Waals surface area contributed by atoms with E-state index in [1.54, 1.807) is 0 Å². The Bertz CT molecular complexity index is 2140. The SMILES string of the molecule is CCCC1=Cc2c(-c3cc(C)cc(C)c3C)cccc2[CH]1[Hf]([Cl])([Cl])([B](NC(=O)CC)NC(=O)CC)[CH]1C(CCC)=Cc2c(-c3cc(C)cc(C)c3C)cccc21. The van der Waals surface area contributed by atoms with Gasteiger partial charge in [-0.1, -0.05) is 0 Å². The maximum absolute atomic E-state index is 13.7. The van der Waals surface area contributed by atoms with Crippen molar-refractivity contribution in [2.45, 2.75) is 115 Å². The number of amides is 2. The molecule has 4 aromatic carbocycles. The fourth-order valence-electron chi connectivity index (χ4n) is 9.69. The molecule has 4 aromatic rings. The summed E-state index contributed by atoms with van der Waals surface area (Å²) in [7, 11) is 17.9. The number of carbonyl (C=O) groups is 2. The van der Waals surface area contributed by atoms with Crippen molar-refractivity contribution in [1.29, 1.82) is 0 Å². The van der Waals surface area contributed by atoms with Crippen LogP contribution in [0.5, 0.6) is 0 Å². The predicted molar refractivity (Wildman–Crippen MR) is 238 cm³/mol. The molecule has 0 aromatic heterocycles. The number of fused-ring (bicyclic) bond motifs is 2. The van der Waals surface area contributed by atoms with Crippen LogP contribution in [0.2, 0.25) is 0 Å². The van der Waals surface area contributed by atoms with Gasteiger partial charge in [0.2, 0.25) is 0 Å². The van der Waals surface area contributed by atoms with E-state index in [1.165, 1.54) is 55.7 Å². The van der Waals surface area contributed by atoms with Crippen molar-refractivity contribution in [3.63, 3.8) is 0 Å². The van der Waals surface area contributed by atoms with Crippen LogP contribution in [0.3, 0.4) is 0 Å². The molecular formula is C48H58BCl2HfN2O2. The van der Waals surface area contributed by atoms with Gasteiger partial charge in [0.25, 0.3) is 0 Å². The van der Waals surface area contributed by atoms with E-state index in [4.69, 9.17) is 17.2 Å². The molecule has 6 rings (SSSR count). The normalized spacial score (nSPS) is 16.7. The van der Waals surface area contributed by atoms with E-state index in [0.29, 0.717) is 0 Å². The van der Waals surface area contributed by atoms with Crippen molar-refractivity contribution in [3.8, 4) is 22.3 Å². The van der Waals surface area contributed by atoms with Gasteiger partial charge in [0.15, 0.2) is 0 Å². The Balaban J connectivity index is 1.72. The van der Waals surface area contributed by atoms with E-state index in [0.717, 1.165) is 59.1 Å². The van der Waals surface area contributed by atoms with E-state index in [2.05, 4.69) is 139 Å². The number of rotatable bonds is 13. The van der Waals surface area contributed by atoms with Gasteiger partial charge < -0.3 is 0 Å². The third-order valence-electron chi connectivity index (χ3n) is 12.5. The molecule has 4 nitrogen and oxygen atoms in total. The van der Waals surface area contributed by atoms with E-state index in [9.17, 15) is 9.59 Å². The Morgan fingerprint density at radius 1 is 0.607 bits per heavy atom. The molecule has 0 spiro atoms. The predicted octanol–water partition coefficient (Wildman–Crippen LogP) is 13.1. The second kappa shape index (κ2) is 16.6. The molecule has 0 aliphatic heterocycles. The minimum absolute atomic E-state index is 0.187. The van der Waals surface area contributed by atoms with Crippen LogP contribution in [-0.2, 0) is 25.5 Å². The van der Waals surface area contributed by atoms with Crippen molar-refractivity contribution >= 4 is 45.7 Å². The monoisotopic (exact) mass is 955 g/mol. The molecule has 2 amide bonds. The summed E-state index contributed by atoms with van der Waals surface area (Å²) in [6, 6.07) is 22.2. The Kier molecular flexibility index (Phi) is 12.6. The van der Waals surface area contributed by atoms with Gasteiger partial charge >= 0.3 is 346 Å². The standard InChI is InChI=1S/2C21H23.C6H11BN2O2.2ClH.Hf/c2*1-5-7-17-12-18-8-6-9-19(21(18)13-17)20-11-14(2)10-15(3)16(20)4;1-3-5(10)8-7-9-6(11)4-2;;;/h2*6,8-13H,5,7H2,1-4H3;3-4H2,1-2H3,(H-,8,9,10,11);2*1H;/q;;;;;+1/p-1. The van der Waals surface area contributed by atoms with Crippen LogP contribution >= 0.6 is 17.2 Å². The number of halogens is 2. The number of nitrogens with one attached hydrogen (secondary N) is 2. The first-order chi connectivity index (χ1) is 26.6. The van der Waals surface area contributed by atoms with Gasteiger partial charge in [-0.15, -0.1) is 0 Å². The summed E-state index contributed by atoms with van der Waals surface area (Å²) in [5.41, 5.74) is 19.0. The number of aryl methyl sites for hydroxylation is 4. The fourth-order valence-corrected chi connectivity index (χ4v) is 39.4. The summed E-state index contributed by atoms with van der Waals surface area (Å²) < 4.78 is -1.68. The van der Waals surface area contributed by atoms with Crippen molar-refractivity contribution < 1.29 is 25.5 Å². The van der Waals surface area contributed by atoms with Gasteiger partial charge in [0, 0.05) is 0 Å². The summed E-state index contributed by atoms with van der Waals surface area (Å²) in [5.74, 6) is -0.373. The number of hydrogen-bond donors (Lipinski definition) is 2. The van der Waals surface area contributed by atoms with E-state index in [1.807, 2.05) is 13.8 Å². The van der Waals surface area contributed by atoms with Crippen LogP contribution < -0.4 is 10.5 Å². The molecule has 2 unspecified atom stereocenters. The molecule has 8 heteroatoms. The first kappa shape index (κ1) is 42.4. The van der Waals surface area contributed by atoms with Gasteiger partial charge in [-0.2, -0.15) is 0 Å². The van der Waals surface area contributed by atoms with Gasteiger partial charge in [-0.3, -0.25) is 0 Å². The first-order valence-electron chi connectivity index (χ1n) is 20.6. The first-order valence-corrected chi connectivity index (χ1v) is 35.7. The number of carbonyl (C=O) groups excluding carboxylic acids is 2. The Morgan fingerprint density at radius 3 is 1.36 bits per heavy atom. The molecule has 0 saturated heterocycles. The van der Waals surface area contributed by atoms with Gasteiger partial charge in [0.05, 0.1) is 0 Å². The summed E-state index contributed by atoms with van der Waals surface area (Å²) in [4.78, 5) is 27.4. The summed E-state index contributed by atoms with van der Waals surface area (Å²) in [6.45, 7) is 21.1. The zero-order chi connectivity index (χ0) is 40.7. The van der Waals surface area contributed by atoms with Crippen molar-refractivity contribution in [3.05, 3.63) is 127 Å². The van der Waals surface area contributed by atoms with Crippen LogP contribution in [0.25, 0.3) is 34.4 Å². The number of hydrogen-bond acceptors (Lipinski definition) is 2. The van der Waals surface area contributed by atoms with Crippen molar-refractivity contribution in [2.24, 2.45) is 0 Å². The zero-order valence-corrected chi connectivity index (χ0v) is 40.1. The second-order valence-electron chi connectivity index (χ2n) is 16.4. The zero-order valence-electron chi connectivity index (χ0n) is 35.0. The van der Waals surface area contributed by atoms with E-state index < -0.39 is 20.5 Å². The number of benzene rings is 4. The maximum atomic E-state index is 13.7. The average Bonchev–Trinajstić information content (AvgIpc) is 3.74. The molecule has 2 atom stereocenters. The second-order valence-corrected chi connectivity index (χ2v) is 46.9. The van der Waals surface area contributed by atoms with Crippen LogP contribution in [0.1, 0.15) is 129 Å². The van der Waals surface area contributed by atoms with Crippen LogP contribution in [-0.4, -0.2) is 16.4 Å². The molecule has 293 valence electrons. The molecule has 0 bridgehead atoms.